The van der Waals surface area contributed by atoms with Crippen LogP contribution in [-0.2, 0) is 4.79 Å². The van der Waals surface area contributed by atoms with Gasteiger partial charge in [0.15, 0.2) is 5.78 Å². The first-order valence-electron chi connectivity index (χ1n) is 9.44. The highest BCUT2D eigenvalue weighted by Crippen LogP contribution is 2.66. The molecule has 3 fully saturated rings. The summed E-state index contributed by atoms with van der Waals surface area (Å²) in [4.78, 5) is 11.7. The van der Waals surface area contributed by atoms with Gasteiger partial charge >= 0.3 is 0 Å². The van der Waals surface area contributed by atoms with Gasteiger partial charge in [0.05, 0.1) is 5.60 Å². The number of aliphatic hydroxyl groups is 1. The fourth-order valence-corrected chi connectivity index (χ4v) is 7.06. The Morgan fingerprint density at radius 1 is 1.14 bits per heavy atom. The van der Waals surface area contributed by atoms with E-state index in [2.05, 4.69) is 13.8 Å². The molecule has 22 heavy (non-hydrogen) atoms. The maximum Gasteiger partial charge on any atom is 0.155 e. The van der Waals surface area contributed by atoms with Gasteiger partial charge in [-0.2, -0.15) is 0 Å². The van der Waals surface area contributed by atoms with Gasteiger partial charge in [0.1, 0.15) is 0 Å². The normalized spacial score (nSPS) is 50.9. The molecule has 0 amide bonds. The van der Waals surface area contributed by atoms with Gasteiger partial charge in [-0.25, -0.2) is 0 Å². The zero-order valence-corrected chi connectivity index (χ0v) is 14.1. The van der Waals surface area contributed by atoms with Gasteiger partial charge in [0.2, 0.25) is 0 Å². The van der Waals surface area contributed by atoms with E-state index in [0.717, 1.165) is 43.9 Å². The molecule has 0 heterocycles. The lowest BCUT2D eigenvalue weighted by Gasteiger charge is -2.56. The standard InChI is InChI=1S/C20H30O2/c1-3-20-11-8-16-15-7-5-14(21)12-13(15)4-6-17(16)18(20)9-10-19(20,2)22/h12,15-18,22H,3-11H2,1-2H3. The number of carbonyl (C=O) groups is 1. The Bertz CT molecular complexity index is 518. The molecule has 4 aliphatic rings. The van der Waals surface area contributed by atoms with Crippen LogP contribution in [0.25, 0.3) is 0 Å². The molecule has 2 heteroatoms. The molecule has 0 aromatic heterocycles. The fourth-order valence-electron chi connectivity index (χ4n) is 7.06. The SMILES string of the molecule is CCC12CCC3C4CCC(=O)C=C4CCC3C1CCC2(C)O. The van der Waals surface area contributed by atoms with E-state index in [1.54, 1.807) is 0 Å². The molecule has 4 rings (SSSR count). The summed E-state index contributed by atoms with van der Waals surface area (Å²) in [6, 6.07) is 0. The second-order valence-electron chi connectivity index (χ2n) is 8.66. The molecule has 0 radical (unpaired) electrons. The third-order valence-corrected chi connectivity index (χ3v) is 8.15. The van der Waals surface area contributed by atoms with Crippen LogP contribution in [-0.4, -0.2) is 16.5 Å². The molecule has 0 aromatic rings. The highest BCUT2D eigenvalue weighted by molar-refractivity contribution is 5.91. The second kappa shape index (κ2) is 4.93. The minimum Gasteiger partial charge on any atom is -0.390 e. The number of rotatable bonds is 1. The quantitative estimate of drug-likeness (QED) is 0.785. The van der Waals surface area contributed by atoms with E-state index in [1.165, 1.54) is 31.3 Å². The van der Waals surface area contributed by atoms with Crippen LogP contribution in [0.1, 0.15) is 71.6 Å². The molecule has 0 aliphatic heterocycles. The lowest BCUT2D eigenvalue weighted by molar-refractivity contribution is -0.123. The largest absolute Gasteiger partial charge is 0.390 e. The third-order valence-electron chi connectivity index (χ3n) is 8.15. The van der Waals surface area contributed by atoms with Crippen molar-refractivity contribution in [3.05, 3.63) is 11.6 Å². The molecule has 4 aliphatic carbocycles. The molecule has 0 saturated heterocycles. The summed E-state index contributed by atoms with van der Waals surface area (Å²) >= 11 is 0. The molecule has 2 nitrogen and oxygen atoms in total. The van der Waals surface area contributed by atoms with Crippen LogP contribution in [0.4, 0.5) is 0 Å². The van der Waals surface area contributed by atoms with Crippen molar-refractivity contribution in [1.82, 2.24) is 0 Å². The molecule has 0 bridgehead atoms. The van der Waals surface area contributed by atoms with Gasteiger partial charge in [-0.1, -0.05) is 12.5 Å². The second-order valence-corrected chi connectivity index (χ2v) is 8.66. The van der Waals surface area contributed by atoms with Crippen LogP contribution in [0.15, 0.2) is 11.6 Å². The molecule has 0 spiro atoms. The summed E-state index contributed by atoms with van der Waals surface area (Å²) in [6.45, 7) is 4.39. The minimum atomic E-state index is -0.462. The topological polar surface area (TPSA) is 37.3 Å². The van der Waals surface area contributed by atoms with Crippen LogP contribution in [0.2, 0.25) is 0 Å². The summed E-state index contributed by atoms with van der Waals surface area (Å²) in [5.41, 5.74) is 1.17. The molecule has 0 aromatic carbocycles. The number of hydrogen-bond acceptors (Lipinski definition) is 2. The van der Waals surface area contributed by atoms with E-state index >= 15 is 0 Å². The summed E-state index contributed by atoms with van der Waals surface area (Å²) < 4.78 is 0. The molecule has 6 unspecified atom stereocenters. The third kappa shape index (κ3) is 1.85. The van der Waals surface area contributed by atoms with Crippen LogP contribution < -0.4 is 0 Å². The molecule has 122 valence electrons. The van der Waals surface area contributed by atoms with Gasteiger partial charge < -0.3 is 5.11 Å². The number of carbonyl (C=O) groups excluding carboxylic acids is 1. The average molecular weight is 302 g/mol. The van der Waals surface area contributed by atoms with Crippen molar-refractivity contribution in [2.24, 2.45) is 29.1 Å². The molecular weight excluding hydrogens is 272 g/mol. The lowest BCUT2D eigenvalue weighted by atomic mass is 9.49. The summed E-state index contributed by atoms with van der Waals surface area (Å²) in [6.07, 6.45) is 12.0. The van der Waals surface area contributed by atoms with E-state index < -0.39 is 5.60 Å². The first kappa shape index (κ1) is 14.9. The van der Waals surface area contributed by atoms with Gasteiger partial charge in [-0.3, -0.25) is 4.79 Å². The summed E-state index contributed by atoms with van der Waals surface area (Å²) in [7, 11) is 0. The van der Waals surface area contributed by atoms with Gasteiger partial charge in [-0.15, -0.1) is 0 Å². The van der Waals surface area contributed by atoms with E-state index in [9.17, 15) is 9.90 Å². The van der Waals surface area contributed by atoms with Gasteiger partial charge in [0, 0.05) is 11.8 Å². The summed E-state index contributed by atoms with van der Waals surface area (Å²) in [5, 5.41) is 11.0. The number of fused-ring (bicyclic) bond motifs is 5. The first-order valence-corrected chi connectivity index (χ1v) is 9.44. The van der Waals surface area contributed by atoms with E-state index in [4.69, 9.17) is 0 Å². The molecular formula is C20H30O2. The van der Waals surface area contributed by atoms with Crippen LogP contribution in [0.5, 0.6) is 0 Å². The van der Waals surface area contributed by atoms with Crippen molar-refractivity contribution in [1.29, 1.82) is 0 Å². The number of ketones is 1. The number of hydrogen-bond donors (Lipinski definition) is 1. The zero-order valence-electron chi connectivity index (χ0n) is 14.1. The number of allylic oxidation sites excluding steroid dienone is 1. The fraction of sp³-hybridized carbons (Fsp3) is 0.850. The van der Waals surface area contributed by atoms with Gasteiger partial charge in [0.25, 0.3) is 0 Å². The van der Waals surface area contributed by atoms with E-state index in [0.29, 0.717) is 17.6 Å². The van der Waals surface area contributed by atoms with Crippen LogP contribution >= 0.6 is 0 Å². The van der Waals surface area contributed by atoms with Crippen molar-refractivity contribution >= 4 is 5.78 Å². The Morgan fingerprint density at radius 3 is 2.73 bits per heavy atom. The Hall–Kier alpha value is -0.630. The Labute approximate surface area is 134 Å². The van der Waals surface area contributed by atoms with Crippen molar-refractivity contribution < 1.29 is 9.90 Å². The highest BCUT2D eigenvalue weighted by Gasteiger charge is 2.61. The smallest absolute Gasteiger partial charge is 0.155 e. The lowest BCUT2D eigenvalue weighted by Crippen LogP contribution is -2.52. The Morgan fingerprint density at radius 2 is 1.95 bits per heavy atom. The van der Waals surface area contributed by atoms with Crippen LogP contribution in [0, 0.1) is 29.1 Å². The monoisotopic (exact) mass is 302 g/mol. The maximum atomic E-state index is 11.7. The molecule has 1 N–H and O–H groups in total. The van der Waals surface area contributed by atoms with E-state index in [1.807, 2.05) is 6.08 Å². The van der Waals surface area contributed by atoms with Crippen molar-refractivity contribution in [2.45, 2.75) is 77.2 Å². The molecule has 3 saturated carbocycles. The first-order chi connectivity index (χ1) is 10.5. The van der Waals surface area contributed by atoms with Crippen molar-refractivity contribution in [2.75, 3.05) is 0 Å². The van der Waals surface area contributed by atoms with Crippen LogP contribution in [0.3, 0.4) is 0 Å². The highest BCUT2D eigenvalue weighted by atomic mass is 16.3. The summed E-state index contributed by atoms with van der Waals surface area (Å²) in [5.74, 6) is 3.32. The Balaban J connectivity index is 1.66. The van der Waals surface area contributed by atoms with Crippen molar-refractivity contribution in [3.8, 4) is 0 Å². The predicted molar refractivity (Wildman–Crippen MR) is 87.3 cm³/mol. The zero-order chi connectivity index (χ0) is 15.5. The van der Waals surface area contributed by atoms with E-state index in [-0.39, 0.29) is 5.41 Å². The minimum absolute atomic E-state index is 0.167. The van der Waals surface area contributed by atoms with Crippen molar-refractivity contribution in [3.63, 3.8) is 0 Å². The molecule has 6 atom stereocenters. The predicted octanol–water partition coefficient (Wildman–Crippen LogP) is 4.27. The Kier molecular flexibility index (Phi) is 3.35. The van der Waals surface area contributed by atoms with Gasteiger partial charge in [-0.05, 0) is 88.0 Å². The maximum absolute atomic E-state index is 11.7. The average Bonchev–Trinajstić information content (AvgIpc) is 2.78.